The number of ether oxygens (including phenoxy) is 1. The molecule has 2 aromatic carbocycles. The van der Waals surface area contributed by atoms with E-state index in [0.29, 0.717) is 6.07 Å². The average Bonchev–Trinajstić information content (AvgIpc) is 2.79. The second-order valence-electron chi connectivity index (χ2n) is 9.31. The number of hydrogen-bond donors (Lipinski definition) is 2. The zero-order valence-corrected chi connectivity index (χ0v) is 22.9. The Morgan fingerprint density at radius 1 is 0.947 bits per heavy atom. The maximum atomic E-state index is 13.1. The number of piperazine rings is 1. The van der Waals surface area contributed by atoms with Crippen LogP contribution in [0.3, 0.4) is 0 Å². The van der Waals surface area contributed by atoms with Crippen molar-refractivity contribution < 1.29 is 35.9 Å². The van der Waals surface area contributed by atoms with Gasteiger partial charge in [-0.25, -0.2) is 4.79 Å². The first kappa shape index (κ1) is 29.8. The number of carbonyl (C=O) groups is 2. The predicted octanol–water partition coefficient (Wildman–Crippen LogP) is 5.47. The number of carbonyl (C=O) groups excluding carboxylic acids is 2. The van der Waals surface area contributed by atoms with Crippen LogP contribution >= 0.6 is 23.2 Å². The molecule has 1 aliphatic rings. The minimum absolute atomic E-state index is 0.0230. The van der Waals surface area contributed by atoms with Crippen molar-refractivity contribution >= 4 is 56.8 Å². The number of amides is 2. The molecule has 1 heterocycles. The van der Waals surface area contributed by atoms with Gasteiger partial charge < -0.3 is 15.0 Å². The largest absolute Gasteiger partial charge is 0.444 e. The summed E-state index contributed by atoms with van der Waals surface area (Å²) in [6.07, 6.45) is -5.18. The number of nitrogens with zero attached hydrogens (tertiary/aromatic N) is 2. The van der Waals surface area contributed by atoms with Gasteiger partial charge in [-0.2, -0.15) is 25.9 Å². The van der Waals surface area contributed by atoms with Crippen LogP contribution in [0.1, 0.15) is 36.7 Å². The van der Waals surface area contributed by atoms with Gasteiger partial charge in [-0.1, -0.05) is 23.2 Å². The Kier molecular flexibility index (Phi) is 8.76. The van der Waals surface area contributed by atoms with Crippen LogP contribution in [0.5, 0.6) is 0 Å². The molecule has 2 aromatic rings. The lowest BCUT2D eigenvalue weighted by atomic mass is 10.1. The van der Waals surface area contributed by atoms with E-state index in [0.717, 1.165) is 16.4 Å². The third kappa shape index (κ3) is 7.65. The molecule has 2 amide bonds. The Bertz CT molecular complexity index is 1330. The molecule has 1 aliphatic heterocycles. The van der Waals surface area contributed by atoms with Gasteiger partial charge in [0.1, 0.15) is 5.60 Å². The molecule has 0 atom stereocenters. The van der Waals surface area contributed by atoms with Crippen molar-refractivity contribution in [2.24, 2.45) is 0 Å². The number of hydrogen-bond acceptors (Lipinski definition) is 5. The lowest BCUT2D eigenvalue weighted by molar-refractivity contribution is -0.137. The van der Waals surface area contributed by atoms with Crippen molar-refractivity contribution in [1.82, 2.24) is 9.21 Å². The van der Waals surface area contributed by atoms with Crippen molar-refractivity contribution in [3.8, 4) is 0 Å². The third-order valence-corrected chi connectivity index (χ3v) is 7.31. The lowest BCUT2D eigenvalue weighted by Gasteiger charge is -2.35. The number of rotatable bonds is 5. The van der Waals surface area contributed by atoms with Gasteiger partial charge >= 0.3 is 22.5 Å². The monoisotopic (exact) mass is 596 g/mol. The van der Waals surface area contributed by atoms with Crippen LogP contribution in [0, 0.1) is 0 Å². The molecule has 0 radical (unpaired) electrons. The van der Waals surface area contributed by atoms with Gasteiger partial charge in [0.25, 0.3) is 5.91 Å². The molecule has 208 valence electrons. The predicted molar refractivity (Wildman–Crippen MR) is 138 cm³/mol. The van der Waals surface area contributed by atoms with E-state index in [9.17, 15) is 31.2 Å². The Hall–Kier alpha value is -2.74. The van der Waals surface area contributed by atoms with E-state index in [1.54, 1.807) is 20.8 Å². The van der Waals surface area contributed by atoms with Gasteiger partial charge in [-0.15, -0.1) is 0 Å². The van der Waals surface area contributed by atoms with E-state index in [-0.39, 0.29) is 53.2 Å². The van der Waals surface area contributed by atoms with Crippen molar-refractivity contribution in [3.05, 3.63) is 57.6 Å². The number of alkyl halides is 3. The SMILES string of the molecule is CC(C)(C)OC(=O)N1CCN(S(=O)(=O)Nc2ccc(Cl)cc2C(=O)Nc2ccc(C(F)(F)F)cc2Cl)CC1. The van der Waals surface area contributed by atoms with Gasteiger partial charge in [0.15, 0.2) is 0 Å². The maximum absolute atomic E-state index is 13.1. The highest BCUT2D eigenvalue weighted by molar-refractivity contribution is 7.90. The fraction of sp³-hybridized carbons (Fsp3) is 0.391. The van der Waals surface area contributed by atoms with E-state index < -0.39 is 39.6 Å². The number of anilines is 2. The molecule has 9 nitrogen and oxygen atoms in total. The number of nitrogens with one attached hydrogen (secondary N) is 2. The van der Waals surface area contributed by atoms with E-state index in [1.165, 1.54) is 23.1 Å². The standard InChI is InChI=1S/C23H25Cl2F3N4O5S/c1-22(2,3)37-21(34)31-8-10-32(11-9-31)38(35,36)30-18-7-5-15(24)13-16(18)20(33)29-19-6-4-14(12-17(19)25)23(26,27)28/h4-7,12-13,30H,8-11H2,1-3H3,(H,29,33). The van der Waals surface area contributed by atoms with Crippen LogP contribution in [0.4, 0.5) is 29.3 Å². The minimum atomic E-state index is -4.62. The van der Waals surface area contributed by atoms with Crippen molar-refractivity contribution in [1.29, 1.82) is 0 Å². The number of benzene rings is 2. The van der Waals surface area contributed by atoms with Crippen molar-refractivity contribution in [3.63, 3.8) is 0 Å². The van der Waals surface area contributed by atoms with Crippen molar-refractivity contribution in [2.75, 3.05) is 36.2 Å². The summed E-state index contributed by atoms with van der Waals surface area (Å²) in [7, 11) is -4.16. The van der Waals surface area contributed by atoms with Crippen LogP contribution in [-0.4, -0.2) is 61.4 Å². The summed E-state index contributed by atoms with van der Waals surface area (Å²) in [6, 6.07) is 6.24. The first-order valence-electron chi connectivity index (χ1n) is 11.2. The summed E-state index contributed by atoms with van der Waals surface area (Å²) >= 11 is 11.9. The zero-order valence-electron chi connectivity index (χ0n) is 20.5. The third-order valence-electron chi connectivity index (χ3n) is 5.24. The summed E-state index contributed by atoms with van der Waals surface area (Å²) < 4.78 is 73.6. The van der Waals surface area contributed by atoms with Crippen LogP contribution in [0.15, 0.2) is 36.4 Å². The van der Waals surface area contributed by atoms with E-state index in [2.05, 4.69) is 10.0 Å². The summed E-state index contributed by atoms with van der Waals surface area (Å²) in [5.74, 6) is -0.860. The topological polar surface area (TPSA) is 108 Å². The molecule has 0 spiro atoms. The smallest absolute Gasteiger partial charge is 0.416 e. The molecule has 0 saturated carbocycles. The fourth-order valence-corrected chi connectivity index (χ4v) is 5.05. The fourth-order valence-electron chi connectivity index (χ4n) is 3.42. The van der Waals surface area contributed by atoms with E-state index in [1.807, 2.05) is 0 Å². The molecule has 1 saturated heterocycles. The first-order chi connectivity index (χ1) is 17.5. The second kappa shape index (κ2) is 11.2. The summed E-state index contributed by atoms with van der Waals surface area (Å²) in [6.45, 7) is 5.31. The molecule has 2 N–H and O–H groups in total. The van der Waals surface area contributed by atoms with Crippen LogP contribution in [-0.2, 0) is 21.1 Å². The molecule has 0 aromatic heterocycles. The zero-order chi connectivity index (χ0) is 28.5. The van der Waals surface area contributed by atoms with Gasteiger partial charge in [0.2, 0.25) is 0 Å². The number of halogens is 5. The second-order valence-corrected chi connectivity index (χ2v) is 11.8. The maximum Gasteiger partial charge on any atom is 0.416 e. The quantitative estimate of drug-likeness (QED) is 0.475. The molecular weight excluding hydrogens is 572 g/mol. The average molecular weight is 597 g/mol. The van der Waals surface area contributed by atoms with E-state index in [4.69, 9.17) is 27.9 Å². The molecule has 0 bridgehead atoms. The molecule has 0 aliphatic carbocycles. The summed E-state index contributed by atoms with van der Waals surface area (Å²) in [5, 5.41) is 2.12. The Morgan fingerprint density at radius 2 is 1.55 bits per heavy atom. The Balaban J connectivity index is 1.74. The van der Waals surface area contributed by atoms with Crippen LogP contribution in [0.2, 0.25) is 10.0 Å². The first-order valence-corrected chi connectivity index (χ1v) is 13.4. The van der Waals surface area contributed by atoms with Crippen LogP contribution in [0.25, 0.3) is 0 Å². The minimum Gasteiger partial charge on any atom is -0.444 e. The summed E-state index contributed by atoms with van der Waals surface area (Å²) in [5.41, 5.74) is -2.12. The molecule has 0 unspecified atom stereocenters. The molecular formula is C23H25Cl2F3N4O5S. The van der Waals surface area contributed by atoms with E-state index >= 15 is 0 Å². The highest BCUT2D eigenvalue weighted by Crippen LogP contribution is 2.34. The molecule has 15 heteroatoms. The Labute approximate surface area is 228 Å². The molecule has 38 heavy (non-hydrogen) atoms. The molecule has 3 rings (SSSR count). The lowest BCUT2D eigenvalue weighted by Crippen LogP contribution is -2.52. The highest BCUT2D eigenvalue weighted by Gasteiger charge is 2.33. The van der Waals surface area contributed by atoms with Gasteiger partial charge in [0, 0.05) is 31.2 Å². The van der Waals surface area contributed by atoms with Crippen LogP contribution < -0.4 is 10.0 Å². The van der Waals surface area contributed by atoms with Gasteiger partial charge in [-0.3, -0.25) is 9.52 Å². The summed E-state index contributed by atoms with van der Waals surface area (Å²) in [4.78, 5) is 26.6. The van der Waals surface area contributed by atoms with Gasteiger partial charge in [-0.05, 0) is 57.2 Å². The Morgan fingerprint density at radius 3 is 2.11 bits per heavy atom. The molecule has 1 fully saturated rings. The van der Waals surface area contributed by atoms with Crippen molar-refractivity contribution in [2.45, 2.75) is 32.5 Å². The normalized spacial score (nSPS) is 15.2. The van der Waals surface area contributed by atoms with Gasteiger partial charge in [0.05, 0.1) is 27.5 Å². The highest BCUT2D eigenvalue weighted by atomic mass is 35.5.